The minimum absolute atomic E-state index is 0.0898. The first kappa shape index (κ1) is 23.1. The molecular formula is C30H35NO3. The largest absolute Gasteiger partial charge is 0.377 e. The first-order chi connectivity index (χ1) is 16.2. The third-order valence-electron chi connectivity index (χ3n) is 9.43. The molecule has 178 valence electrons. The van der Waals surface area contributed by atoms with Gasteiger partial charge in [-0.1, -0.05) is 37.5 Å². The number of allylic oxidation sites excluding steroid dienone is 4. The summed E-state index contributed by atoms with van der Waals surface area (Å²) in [7, 11) is 1.65. The van der Waals surface area contributed by atoms with Crippen LogP contribution in [0.4, 0.5) is 0 Å². The van der Waals surface area contributed by atoms with Gasteiger partial charge in [-0.2, -0.15) is 0 Å². The molecule has 4 heteroatoms. The van der Waals surface area contributed by atoms with Gasteiger partial charge in [-0.25, -0.2) is 0 Å². The average Bonchev–Trinajstić information content (AvgIpc) is 3.03. The Labute approximate surface area is 202 Å². The monoisotopic (exact) mass is 457 g/mol. The molecular weight excluding hydrogens is 422 g/mol. The lowest BCUT2D eigenvalue weighted by molar-refractivity contribution is -0.114. The molecule has 2 N–H and O–H groups in total. The highest BCUT2D eigenvalue weighted by Crippen LogP contribution is 2.67. The minimum atomic E-state index is -1.01. The van der Waals surface area contributed by atoms with Crippen molar-refractivity contribution in [2.75, 3.05) is 7.05 Å². The number of hydrogen-bond acceptors (Lipinski definition) is 3. The van der Waals surface area contributed by atoms with Crippen molar-refractivity contribution in [3.63, 3.8) is 0 Å². The molecule has 0 saturated heterocycles. The maximum Gasteiger partial charge on any atom is 0.251 e. The topological polar surface area (TPSA) is 66.4 Å². The van der Waals surface area contributed by atoms with Gasteiger partial charge in [0.1, 0.15) is 5.60 Å². The van der Waals surface area contributed by atoms with Crippen molar-refractivity contribution in [1.82, 2.24) is 5.32 Å². The summed E-state index contributed by atoms with van der Waals surface area (Å²) in [6, 6.07) is 7.97. The molecule has 6 atom stereocenters. The molecule has 1 aromatic rings. The van der Waals surface area contributed by atoms with E-state index in [2.05, 4.69) is 43.1 Å². The van der Waals surface area contributed by atoms with E-state index in [0.29, 0.717) is 23.8 Å². The Morgan fingerprint density at radius 2 is 1.91 bits per heavy atom. The second kappa shape index (κ2) is 8.24. The Bertz CT molecular complexity index is 1160. The van der Waals surface area contributed by atoms with Gasteiger partial charge in [0.05, 0.1) is 0 Å². The maximum atomic E-state index is 12.2. The Kier molecular flexibility index (Phi) is 5.60. The number of aliphatic hydroxyl groups is 1. The molecule has 2 saturated carbocycles. The van der Waals surface area contributed by atoms with Crippen LogP contribution in [0.25, 0.3) is 0 Å². The summed E-state index contributed by atoms with van der Waals surface area (Å²) < 4.78 is 0. The van der Waals surface area contributed by atoms with Crippen LogP contribution in [0, 0.1) is 35.0 Å². The number of ketones is 1. The van der Waals surface area contributed by atoms with Gasteiger partial charge >= 0.3 is 0 Å². The maximum absolute atomic E-state index is 12.2. The van der Waals surface area contributed by atoms with Crippen LogP contribution < -0.4 is 5.32 Å². The fourth-order valence-electron chi connectivity index (χ4n) is 7.76. The van der Waals surface area contributed by atoms with E-state index in [1.807, 2.05) is 25.1 Å². The summed E-state index contributed by atoms with van der Waals surface area (Å²) in [5.74, 6) is 7.46. The van der Waals surface area contributed by atoms with Crippen molar-refractivity contribution >= 4 is 11.7 Å². The highest BCUT2D eigenvalue weighted by Gasteiger charge is 2.65. The fraction of sp³-hybridized carbons (Fsp3) is 0.533. The SMILES string of the molecule is CC#C[C@]1(O)[C@H](C)C[C@H]2[C@@H]3CCC4=CC(=O)CCC4=C3[C@@H](c3ccc(C(=O)NC)cc3)C[C@@]21C. The summed E-state index contributed by atoms with van der Waals surface area (Å²) in [6.45, 7) is 6.24. The Morgan fingerprint density at radius 3 is 2.59 bits per heavy atom. The summed E-state index contributed by atoms with van der Waals surface area (Å²) in [4.78, 5) is 24.3. The number of hydrogen-bond donors (Lipinski definition) is 2. The van der Waals surface area contributed by atoms with Crippen LogP contribution in [-0.2, 0) is 4.79 Å². The lowest BCUT2D eigenvalue weighted by Crippen LogP contribution is -2.52. The van der Waals surface area contributed by atoms with Crippen LogP contribution in [-0.4, -0.2) is 29.4 Å². The lowest BCUT2D eigenvalue weighted by Gasteiger charge is -2.54. The van der Waals surface area contributed by atoms with Gasteiger partial charge < -0.3 is 10.4 Å². The number of carbonyl (C=O) groups is 2. The molecule has 0 aromatic heterocycles. The standard InChI is InChI=1S/C30H35NO3/c1-5-14-30(34)18(2)15-26-24-12-10-21-16-22(32)11-13-23(21)27(24)25(17-29(26,30)3)19-6-8-20(9-7-19)28(33)31-4/h6-9,16,18,24-26,34H,10-13,15,17H2,1-4H3,(H,31,33)/t18-,24+,25-,26+,29+,30+/m1/s1. The second-order valence-electron chi connectivity index (χ2n) is 11.0. The zero-order valence-corrected chi connectivity index (χ0v) is 20.7. The highest BCUT2D eigenvalue weighted by atomic mass is 16.3. The molecule has 0 radical (unpaired) electrons. The predicted molar refractivity (Wildman–Crippen MR) is 133 cm³/mol. The number of nitrogens with one attached hydrogen (secondary N) is 1. The zero-order valence-electron chi connectivity index (χ0n) is 20.7. The number of amides is 1. The summed E-state index contributed by atoms with van der Waals surface area (Å²) in [5, 5.41) is 14.7. The molecule has 0 unspecified atom stereocenters. The number of fused-ring (bicyclic) bond motifs is 4. The van der Waals surface area contributed by atoms with E-state index in [4.69, 9.17) is 0 Å². The molecule has 4 nitrogen and oxygen atoms in total. The first-order valence-electron chi connectivity index (χ1n) is 12.7. The van der Waals surface area contributed by atoms with Gasteiger partial charge in [-0.3, -0.25) is 9.59 Å². The van der Waals surface area contributed by atoms with E-state index in [1.54, 1.807) is 7.05 Å². The summed E-state index contributed by atoms with van der Waals surface area (Å²) >= 11 is 0. The van der Waals surface area contributed by atoms with Crippen LogP contribution in [0.5, 0.6) is 0 Å². The van der Waals surface area contributed by atoms with Crippen molar-refractivity contribution in [2.45, 2.75) is 70.8 Å². The zero-order chi connectivity index (χ0) is 24.3. The van der Waals surface area contributed by atoms with Gasteiger partial charge in [0.15, 0.2) is 5.78 Å². The smallest absolute Gasteiger partial charge is 0.251 e. The van der Waals surface area contributed by atoms with Crippen LogP contribution >= 0.6 is 0 Å². The fourth-order valence-corrected chi connectivity index (χ4v) is 7.76. The molecule has 0 bridgehead atoms. The van der Waals surface area contributed by atoms with Gasteiger partial charge in [0, 0.05) is 30.4 Å². The third kappa shape index (κ3) is 3.24. The van der Waals surface area contributed by atoms with Gasteiger partial charge in [-0.05, 0) is 91.7 Å². The quantitative estimate of drug-likeness (QED) is 0.618. The van der Waals surface area contributed by atoms with Crippen LogP contribution in [0.15, 0.2) is 47.1 Å². The van der Waals surface area contributed by atoms with E-state index < -0.39 is 5.60 Å². The minimum Gasteiger partial charge on any atom is -0.377 e. The summed E-state index contributed by atoms with van der Waals surface area (Å²) in [5.41, 5.74) is 4.61. The van der Waals surface area contributed by atoms with Crippen molar-refractivity contribution < 1.29 is 14.7 Å². The molecule has 0 aliphatic heterocycles. The van der Waals surface area contributed by atoms with E-state index in [0.717, 1.165) is 32.1 Å². The van der Waals surface area contributed by atoms with Gasteiger partial charge in [-0.15, -0.1) is 5.92 Å². The van der Waals surface area contributed by atoms with Crippen LogP contribution in [0.1, 0.15) is 81.1 Å². The lowest BCUT2D eigenvalue weighted by atomic mass is 9.51. The summed E-state index contributed by atoms with van der Waals surface area (Å²) in [6.07, 6.45) is 7.05. The molecule has 1 aromatic carbocycles. The molecule has 34 heavy (non-hydrogen) atoms. The van der Waals surface area contributed by atoms with E-state index >= 15 is 0 Å². The van der Waals surface area contributed by atoms with E-state index in [-0.39, 0.29) is 28.9 Å². The first-order valence-corrected chi connectivity index (χ1v) is 12.7. The molecule has 1 amide bonds. The normalized spacial score (nSPS) is 36.5. The van der Waals surface area contributed by atoms with Crippen molar-refractivity contribution in [3.8, 4) is 11.8 Å². The molecule has 0 heterocycles. The predicted octanol–water partition coefficient (Wildman–Crippen LogP) is 4.95. The average molecular weight is 458 g/mol. The van der Waals surface area contributed by atoms with Crippen molar-refractivity contribution in [3.05, 3.63) is 58.2 Å². The number of rotatable bonds is 2. The Balaban J connectivity index is 1.67. The van der Waals surface area contributed by atoms with Crippen LogP contribution in [0.2, 0.25) is 0 Å². The van der Waals surface area contributed by atoms with Gasteiger partial charge in [0.2, 0.25) is 0 Å². The number of benzene rings is 1. The number of carbonyl (C=O) groups excluding carboxylic acids is 2. The molecule has 4 aliphatic rings. The highest BCUT2D eigenvalue weighted by molar-refractivity contribution is 5.94. The van der Waals surface area contributed by atoms with E-state index in [9.17, 15) is 14.7 Å². The van der Waals surface area contributed by atoms with Crippen molar-refractivity contribution in [1.29, 1.82) is 0 Å². The Morgan fingerprint density at radius 1 is 1.18 bits per heavy atom. The van der Waals surface area contributed by atoms with Crippen LogP contribution in [0.3, 0.4) is 0 Å². The molecule has 4 aliphatic carbocycles. The van der Waals surface area contributed by atoms with Crippen molar-refractivity contribution in [2.24, 2.45) is 23.2 Å². The van der Waals surface area contributed by atoms with Gasteiger partial charge in [0.25, 0.3) is 5.91 Å². The third-order valence-corrected chi connectivity index (χ3v) is 9.43. The van der Waals surface area contributed by atoms with E-state index in [1.165, 1.54) is 22.3 Å². The second-order valence-corrected chi connectivity index (χ2v) is 11.0. The molecule has 2 fully saturated rings. The Hall–Kier alpha value is -2.64. The molecule has 5 rings (SSSR count). The molecule has 0 spiro atoms.